The van der Waals surface area contributed by atoms with Gasteiger partial charge in [0.25, 0.3) is 5.56 Å². The number of benzene rings is 1. The van der Waals surface area contributed by atoms with E-state index in [2.05, 4.69) is 17.2 Å². The number of furan rings is 1. The Morgan fingerprint density at radius 2 is 2.16 bits per heavy atom. The number of methoxy groups -OCH3 is 1. The zero-order valence-corrected chi connectivity index (χ0v) is 18.5. The van der Waals surface area contributed by atoms with Crippen LogP contribution in [0.5, 0.6) is 0 Å². The maximum atomic E-state index is 12.9. The fraction of sp³-hybridized carbons (Fsp3) is 0.304. The van der Waals surface area contributed by atoms with Crippen LogP contribution in [0, 0.1) is 5.92 Å². The van der Waals surface area contributed by atoms with Gasteiger partial charge in [-0.05, 0) is 42.9 Å². The van der Waals surface area contributed by atoms with Crippen molar-refractivity contribution in [2.24, 2.45) is 5.92 Å². The molecule has 0 aliphatic heterocycles. The number of esters is 1. The minimum atomic E-state index is -0.463. The van der Waals surface area contributed by atoms with Crippen LogP contribution in [-0.2, 0) is 28.9 Å². The largest absolute Gasteiger partial charge is 0.465 e. The fourth-order valence-corrected chi connectivity index (χ4v) is 5.62. The number of carbonyl (C=O) groups is 2. The van der Waals surface area contributed by atoms with Gasteiger partial charge in [0.1, 0.15) is 22.6 Å². The zero-order chi connectivity index (χ0) is 22.4. The molecule has 1 aliphatic rings. The number of para-hydroxylation sites is 1. The summed E-state index contributed by atoms with van der Waals surface area (Å²) >= 11 is 1.40. The molecule has 1 aromatic carbocycles. The number of nitrogens with zero attached hydrogens (tertiary/aromatic N) is 2. The molecule has 0 saturated heterocycles. The number of ether oxygens (including phenoxy) is 1. The van der Waals surface area contributed by atoms with Gasteiger partial charge in [0.15, 0.2) is 0 Å². The Hall–Kier alpha value is -3.46. The van der Waals surface area contributed by atoms with Gasteiger partial charge < -0.3 is 14.5 Å². The summed E-state index contributed by atoms with van der Waals surface area (Å²) in [6, 6.07) is 7.26. The summed E-state index contributed by atoms with van der Waals surface area (Å²) < 4.78 is 11.8. The third-order valence-corrected chi connectivity index (χ3v) is 6.99. The lowest BCUT2D eigenvalue weighted by Crippen LogP contribution is -2.27. The van der Waals surface area contributed by atoms with Crippen LogP contribution in [0.1, 0.15) is 34.1 Å². The van der Waals surface area contributed by atoms with Crippen LogP contribution in [0.2, 0.25) is 0 Å². The Morgan fingerprint density at radius 1 is 1.34 bits per heavy atom. The highest BCUT2D eigenvalue weighted by atomic mass is 32.1. The quantitative estimate of drug-likeness (QED) is 0.474. The van der Waals surface area contributed by atoms with Gasteiger partial charge in [0, 0.05) is 10.3 Å². The number of fused-ring (bicyclic) bond motifs is 4. The van der Waals surface area contributed by atoms with Gasteiger partial charge in [-0.25, -0.2) is 9.78 Å². The van der Waals surface area contributed by atoms with Crippen LogP contribution >= 0.6 is 11.3 Å². The first kappa shape index (κ1) is 20.4. The van der Waals surface area contributed by atoms with Gasteiger partial charge in [0.05, 0.1) is 19.0 Å². The van der Waals surface area contributed by atoms with Crippen molar-refractivity contribution in [3.05, 3.63) is 57.0 Å². The summed E-state index contributed by atoms with van der Waals surface area (Å²) in [6.45, 7) is 1.92. The standard InChI is InChI=1S/C23H21N3O5S/c1-12-7-8-14-16(9-12)32-21(18(14)23(29)30-2)25-17(27)10-26-11-24-19-13-5-3-4-6-15(13)31-20(19)22(26)28/h3-6,11-12H,7-10H2,1-2H3,(H,25,27). The predicted octanol–water partition coefficient (Wildman–Crippen LogP) is 3.75. The van der Waals surface area contributed by atoms with Crippen LogP contribution in [-0.4, -0.2) is 28.5 Å². The topological polar surface area (TPSA) is 103 Å². The lowest BCUT2D eigenvalue weighted by molar-refractivity contribution is -0.116. The molecule has 8 nitrogen and oxygen atoms in total. The van der Waals surface area contributed by atoms with E-state index in [1.54, 1.807) is 6.07 Å². The van der Waals surface area contributed by atoms with Crippen molar-refractivity contribution in [1.82, 2.24) is 9.55 Å². The highest BCUT2D eigenvalue weighted by Crippen LogP contribution is 2.40. The molecule has 0 spiro atoms. The highest BCUT2D eigenvalue weighted by molar-refractivity contribution is 7.17. The smallest absolute Gasteiger partial charge is 0.341 e. The molecule has 0 bridgehead atoms. The summed E-state index contributed by atoms with van der Waals surface area (Å²) in [4.78, 5) is 43.5. The number of thiophene rings is 1. The Morgan fingerprint density at radius 3 is 2.97 bits per heavy atom. The van der Waals surface area contributed by atoms with E-state index in [-0.39, 0.29) is 12.1 Å². The molecular formula is C23H21N3O5S. The third-order valence-electron chi connectivity index (χ3n) is 5.82. The number of nitrogens with one attached hydrogen (secondary N) is 1. The minimum Gasteiger partial charge on any atom is -0.465 e. The first-order valence-corrected chi connectivity index (χ1v) is 11.2. The molecule has 32 heavy (non-hydrogen) atoms. The molecule has 3 heterocycles. The number of rotatable bonds is 4. The van der Waals surface area contributed by atoms with E-state index in [4.69, 9.17) is 9.15 Å². The summed E-state index contributed by atoms with van der Waals surface area (Å²) in [5, 5.41) is 4.02. The number of carbonyl (C=O) groups excluding carboxylic acids is 2. The van der Waals surface area contributed by atoms with Crippen LogP contribution < -0.4 is 10.9 Å². The molecule has 1 atom stereocenters. The SMILES string of the molecule is COC(=O)c1c(NC(=O)Cn2cnc3c(oc4ccccc43)c2=O)sc2c1CCC(C)C2. The second kappa shape index (κ2) is 7.90. The number of amides is 1. The Labute approximate surface area is 186 Å². The molecule has 1 aliphatic carbocycles. The van der Waals surface area contributed by atoms with Crippen molar-refractivity contribution in [2.75, 3.05) is 12.4 Å². The van der Waals surface area contributed by atoms with Crippen molar-refractivity contribution in [3.8, 4) is 0 Å². The van der Waals surface area contributed by atoms with E-state index >= 15 is 0 Å². The van der Waals surface area contributed by atoms with E-state index in [1.165, 1.54) is 29.3 Å². The average molecular weight is 452 g/mol. The fourth-order valence-electron chi connectivity index (χ4n) is 4.21. The average Bonchev–Trinajstić information content (AvgIpc) is 3.33. The van der Waals surface area contributed by atoms with Gasteiger partial charge in [0.2, 0.25) is 11.5 Å². The lowest BCUT2D eigenvalue weighted by Gasteiger charge is -2.18. The van der Waals surface area contributed by atoms with Gasteiger partial charge in [-0.15, -0.1) is 11.3 Å². The maximum Gasteiger partial charge on any atom is 0.341 e. The van der Waals surface area contributed by atoms with E-state index < -0.39 is 17.4 Å². The number of aromatic nitrogens is 2. The minimum absolute atomic E-state index is 0.109. The molecule has 1 unspecified atom stereocenters. The third kappa shape index (κ3) is 3.38. The van der Waals surface area contributed by atoms with Crippen molar-refractivity contribution in [3.63, 3.8) is 0 Å². The van der Waals surface area contributed by atoms with Crippen LogP contribution in [0.4, 0.5) is 5.00 Å². The summed E-state index contributed by atoms with van der Waals surface area (Å²) in [5.74, 6) is -0.369. The van der Waals surface area contributed by atoms with Crippen LogP contribution in [0.25, 0.3) is 22.1 Å². The van der Waals surface area contributed by atoms with Crippen molar-refractivity contribution < 1.29 is 18.7 Å². The molecule has 0 fully saturated rings. The molecule has 0 radical (unpaired) electrons. The number of hydrogen-bond donors (Lipinski definition) is 1. The summed E-state index contributed by atoms with van der Waals surface area (Å²) in [6.07, 6.45) is 3.97. The lowest BCUT2D eigenvalue weighted by atomic mass is 9.88. The Balaban J connectivity index is 1.45. The monoisotopic (exact) mass is 451 g/mol. The second-order valence-corrected chi connectivity index (χ2v) is 9.15. The zero-order valence-electron chi connectivity index (χ0n) is 17.6. The van der Waals surface area contributed by atoms with E-state index in [9.17, 15) is 14.4 Å². The van der Waals surface area contributed by atoms with E-state index in [1.807, 2.05) is 18.2 Å². The molecule has 3 aromatic heterocycles. The van der Waals surface area contributed by atoms with Gasteiger partial charge in [-0.1, -0.05) is 19.1 Å². The molecular weight excluding hydrogens is 430 g/mol. The van der Waals surface area contributed by atoms with E-state index in [0.29, 0.717) is 27.6 Å². The Kier molecular flexibility index (Phi) is 5.05. The highest BCUT2D eigenvalue weighted by Gasteiger charge is 2.29. The molecule has 4 aromatic rings. The number of anilines is 1. The maximum absolute atomic E-state index is 12.9. The van der Waals surface area contributed by atoms with E-state index in [0.717, 1.165) is 35.1 Å². The molecule has 5 rings (SSSR count). The number of hydrogen-bond acceptors (Lipinski definition) is 7. The first-order chi connectivity index (χ1) is 15.5. The molecule has 1 amide bonds. The molecule has 1 N–H and O–H groups in total. The molecule has 0 saturated carbocycles. The van der Waals surface area contributed by atoms with Gasteiger partial charge in [-0.3, -0.25) is 14.2 Å². The van der Waals surface area contributed by atoms with Gasteiger partial charge >= 0.3 is 5.97 Å². The predicted molar refractivity (Wildman–Crippen MR) is 121 cm³/mol. The van der Waals surface area contributed by atoms with Crippen LogP contribution in [0.15, 0.2) is 39.8 Å². The van der Waals surface area contributed by atoms with Gasteiger partial charge in [-0.2, -0.15) is 0 Å². The molecule has 9 heteroatoms. The Bertz CT molecular complexity index is 1430. The summed E-state index contributed by atoms with van der Waals surface area (Å²) in [5.41, 5.74) is 2.08. The van der Waals surface area contributed by atoms with Crippen molar-refractivity contribution in [2.45, 2.75) is 32.7 Å². The first-order valence-electron chi connectivity index (χ1n) is 10.4. The van der Waals surface area contributed by atoms with Crippen molar-refractivity contribution >= 4 is 50.3 Å². The van der Waals surface area contributed by atoms with Crippen molar-refractivity contribution in [1.29, 1.82) is 0 Å². The molecule has 164 valence electrons. The second-order valence-electron chi connectivity index (χ2n) is 8.05. The van der Waals surface area contributed by atoms with Crippen LogP contribution in [0.3, 0.4) is 0 Å². The normalized spacial score (nSPS) is 15.6. The summed E-state index contributed by atoms with van der Waals surface area (Å²) in [7, 11) is 1.33.